The molecule has 0 aromatic heterocycles. The first kappa shape index (κ1) is 13.5. The van der Waals surface area contributed by atoms with Crippen LogP contribution in [0.3, 0.4) is 0 Å². The Morgan fingerprint density at radius 3 is 2.62 bits per heavy atom. The van der Waals surface area contributed by atoms with Crippen LogP contribution >= 0.6 is 0 Å². The fraction of sp³-hybridized carbons (Fsp3) is 0.923. The molecule has 0 aromatic carbocycles. The smallest absolute Gasteiger partial charge is 0.223 e. The summed E-state index contributed by atoms with van der Waals surface area (Å²) in [5.41, 5.74) is 0. The summed E-state index contributed by atoms with van der Waals surface area (Å²) in [5, 5.41) is 11.9. The maximum Gasteiger partial charge on any atom is 0.223 e. The summed E-state index contributed by atoms with van der Waals surface area (Å²) in [6.07, 6.45) is 5.41. The molecular formula is C13H25NO2. The van der Waals surface area contributed by atoms with Crippen LogP contribution in [0.2, 0.25) is 0 Å². The molecule has 94 valence electrons. The Hall–Kier alpha value is -0.570. The summed E-state index contributed by atoms with van der Waals surface area (Å²) in [4.78, 5) is 11.8. The second-order valence-electron chi connectivity index (χ2n) is 5.04. The Morgan fingerprint density at radius 2 is 2.12 bits per heavy atom. The minimum Gasteiger partial charge on any atom is -0.396 e. The average Bonchev–Trinajstić information content (AvgIpc) is 3.09. The van der Waals surface area contributed by atoms with Crippen LogP contribution in [-0.4, -0.2) is 24.2 Å². The van der Waals surface area contributed by atoms with Crippen LogP contribution in [0.4, 0.5) is 0 Å². The first-order valence-electron chi connectivity index (χ1n) is 6.57. The van der Waals surface area contributed by atoms with E-state index in [1.54, 1.807) is 0 Å². The third-order valence-electron chi connectivity index (χ3n) is 3.54. The number of aliphatic hydroxyl groups excluding tert-OH is 1. The normalized spacial score (nSPS) is 19.2. The van der Waals surface area contributed by atoms with Crippen molar-refractivity contribution < 1.29 is 9.90 Å². The van der Waals surface area contributed by atoms with Crippen molar-refractivity contribution in [3.05, 3.63) is 0 Å². The number of aliphatic hydroxyl groups is 1. The standard InChI is InChI=1S/C13H25NO2/c1-3-4-11(7-8-15)9-14-13(16)10(2)12-5-6-12/h10-12,15H,3-9H2,1-2H3,(H,14,16). The molecule has 2 N–H and O–H groups in total. The highest BCUT2D eigenvalue weighted by molar-refractivity contribution is 5.78. The van der Waals surface area contributed by atoms with Gasteiger partial charge in [-0.25, -0.2) is 0 Å². The van der Waals surface area contributed by atoms with Crippen LogP contribution in [0, 0.1) is 17.8 Å². The van der Waals surface area contributed by atoms with Gasteiger partial charge in [0.1, 0.15) is 0 Å². The highest BCUT2D eigenvalue weighted by Gasteiger charge is 2.32. The van der Waals surface area contributed by atoms with E-state index in [2.05, 4.69) is 12.2 Å². The molecule has 0 saturated heterocycles. The van der Waals surface area contributed by atoms with Crippen LogP contribution in [0.5, 0.6) is 0 Å². The van der Waals surface area contributed by atoms with Gasteiger partial charge in [-0.2, -0.15) is 0 Å². The number of hydrogen-bond acceptors (Lipinski definition) is 2. The van der Waals surface area contributed by atoms with E-state index in [4.69, 9.17) is 5.11 Å². The van der Waals surface area contributed by atoms with Gasteiger partial charge in [0, 0.05) is 19.1 Å². The predicted octanol–water partition coefficient (Wildman–Crippen LogP) is 1.95. The third kappa shape index (κ3) is 4.52. The number of carbonyl (C=O) groups excluding carboxylic acids is 1. The lowest BCUT2D eigenvalue weighted by molar-refractivity contribution is -0.125. The number of hydrogen-bond donors (Lipinski definition) is 2. The van der Waals surface area contributed by atoms with Gasteiger partial charge in [0.05, 0.1) is 0 Å². The molecule has 1 rings (SSSR count). The maximum atomic E-state index is 11.8. The Kier molecular flexibility index (Phi) is 5.81. The topological polar surface area (TPSA) is 49.3 Å². The lowest BCUT2D eigenvalue weighted by Crippen LogP contribution is -2.34. The largest absolute Gasteiger partial charge is 0.396 e. The van der Waals surface area contributed by atoms with Crippen LogP contribution in [-0.2, 0) is 4.79 Å². The van der Waals surface area contributed by atoms with Gasteiger partial charge in [-0.1, -0.05) is 20.3 Å². The summed E-state index contributed by atoms with van der Waals surface area (Å²) < 4.78 is 0. The fourth-order valence-electron chi connectivity index (χ4n) is 2.16. The molecule has 0 aliphatic heterocycles. The number of amides is 1. The van der Waals surface area contributed by atoms with Crippen molar-refractivity contribution in [3.8, 4) is 0 Å². The summed E-state index contributed by atoms with van der Waals surface area (Å²) >= 11 is 0. The Bertz CT molecular complexity index is 208. The van der Waals surface area contributed by atoms with Crippen LogP contribution in [0.25, 0.3) is 0 Å². The van der Waals surface area contributed by atoms with Crippen molar-refractivity contribution in [1.82, 2.24) is 5.32 Å². The van der Waals surface area contributed by atoms with Gasteiger partial charge in [0.25, 0.3) is 0 Å². The van der Waals surface area contributed by atoms with E-state index in [1.807, 2.05) is 6.92 Å². The molecule has 1 saturated carbocycles. The molecule has 1 aliphatic carbocycles. The van der Waals surface area contributed by atoms with Gasteiger partial charge in [0.15, 0.2) is 0 Å². The second kappa shape index (κ2) is 6.89. The molecule has 2 unspecified atom stereocenters. The summed E-state index contributed by atoms with van der Waals surface area (Å²) in [6, 6.07) is 0. The third-order valence-corrected chi connectivity index (χ3v) is 3.54. The van der Waals surface area contributed by atoms with Crippen LogP contribution in [0.1, 0.15) is 46.0 Å². The van der Waals surface area contributed by atoms with Crippen LogP contribution in [0.15, 0.2) is 0 Å². The zero-order chi connectivity index (χ0) is 12.0. The average molecular weight is 227 g/mol. The van der Waals surface area contributed by atoms with Gasteiger partial charge in [0.2, 0.25) is 5.91 Å². The Balaban J connectivity index is 2.21. The molecule has 1 aliphatic rings. The van der Waals surface area contributed by atoms with Gasteiger partial charge < -0.3 is 10.4 Å². The zero-order valence-electron chi connectivity index (χ0n) is 10.5. The van der Waals surface area contributed by atoms with E-state index >= 15 is 0 Å². The van der Waals surface area contributed by atoms with Crippen molar-refractivity contribution in [2.45, 2.75) is 46.0 Å². The number of carbonyl (C=O) groups is 1. The van der Waals surface area contributed by atoms with Gasteiger partial charge >= 0.3 is 0 Å². The Labute approximate surface area is 98.6 Å². The van der Waals surface area contributed by atoms with E-state index < -0.39 is 0 Å². The summed E-state index contributed by atoms with van der Waals surface area (Å²) in [5.74, 6) is 1.44. The molecule has 3 heteroatoms. The highest BCUT2D eigenvalue weighted by atomic mass is 16.3. The molecular weight excluding hydrogens is 202 g/mol. The van der Waals surface area contributed by atoms with E-state index in [0.29, 0.717) is 11.8 Å². The first-order chi connectivity index (χ1) is 7.69. The van der Waals surface area contributed by atoms with Crippen molar-refractivity contribution in [3.63, 3.8) is 0 Å². The van der Waals surface area contributed by atoms with E-state index in [0.717, 1.165) is 25.8 Å². The maximum absolute atomic E-state index is 11.8. The predicted molar refractivity (Wildman–Crippen MR) is 65.0 cm³/mol. The molecule has 0 spiro atoms. The van der Waals surface area contributed by atoms with Crippen molar-refractivity contribution in [1.29, 1.82) is 0 Å². The lowest BCUT2D eigenvalue weighted by Gasteiger charge is -2.17. The molecule has 0 radical (unpaired) electrons. The van der Waals surface area contributed by atoms with E-state index in [9.17, 15) is 4.79 Å². The monoisotopic (exact) mass is 227 g/mol. The minimum atomic E-state index is 0.177. The molecule has 0 bridgehead atoms. The molecule has 1 amide bonds. The van der Waals surface area contributed by atoms with Crippen LogP contribution < -0.4 is 5.32 Å². The molecule has 16 heavy (non-hydrogen) atoms. The summed E-state index contributed by atoms with van der Waals surface area (Å²) in [6.45, 7) is 5.11. The molecule has 0 aromatic rings. The SMILES string of the molecule is CCCC(CCO)CNC(=O)C(C)C1CC1. The summed E-state index contributed by atoms with van der Waals surface area (Å²) in [7, 11) is 0. The van der Waals surface area contributed by atoms with Gasteiger partial charge in [-0.3, -0.25) is 4.79 Å². The number of nitrogens with one attached hydrogen (secondary N) is 1. The first-order valence-corrected chi connectivity index (χ1v) is 6.57. The zero-order valence-corrected chi connectivity index (χ0v) is 10.5. The lowest BCUT2D eigenvalue weighted by atomic mass is 9.99. The van der Waals surface area contributed by atoms with E-state index in [1.165, 1.54) is 12.8 Å². The van der Waals surface area contributed by atoms with E-state index in [-0.39, 0.29) is 18.4 Å². The Morgan fingerprint density at radius 1 is 1.44 bits per heavy atom. The van der Waals surface area contributed by atoms with Gasteiger partial charge in [-0.15, -0.1) is 0 Å². The van der Waals surface area contributed by atoms with Crippen molar-refractivity contribution in [2.75, 3.05) is 13.2 Å². The van der Waals surface area contributed by atoms with Crippen molar-refractivity contribution >= 4 is 5.91 Å². The molecule has 3 nitrogen and oxygen atoms in total. The highest BCUT2D eigenvalue weighted by Crippen LogP contribution is 2.36. The molecule has 0 heterocycles. The molecule has 1 fully saturated rings. The fourth-order valence-corrected chi connectivity index (χ4v) is 2.16. The minimum absolute atomic E-state index is 0.177. The van der Waals surface area contributed by atoms with Crippen molar-refractivity contribution in [2.24, 2.45) is 17.8 Å². The number of rotatable bonds is 8. The molecule has 2 atom stereocenters. The van der Waals surface area contributed by atoms with Gasteiger partial charge in [-0.05, 0) is 37.5 Å². The second-order valence-corrected chi connectivity index (χ2v) is 5.04. The quantitative estimate of drug-likeness (QED) is 0.666.